The van der Waals surface area contributed by atoms with Crippen LogP contribution in [-0.4, -0.2) is 46.6 Å². The van der Waals surface area contributed by atoms with E-state index < -0.39 is 5.91 Å². The van der Waals surface area contributed by atoms with Crippen LogP contribution in [0.4, 0.5) is 0 Å². The van der Waals surface area contributed by atoms with Gasteiger partial charge in [0.25, 0.3) is 5.91 Å². The van der Waals surface area contributed by atoms with Crippen LogP contribution in [0.3, 0.4) is 0 Å². The van der Waals surface area contributed by atoms with E-state index >= 15 is 0 Å². The van der Waals surface area contributed by atoms with Crippen molar-refractivity contribution in [2.75, 3.05) is 13.3 Å². The molecule has 0 radical (unpaired) electrons. The minimum Gasteiger partial charge on any atom is -0.274 e. The van der Waals surface area contributed by atoms with Crippen molar-refractivity contribution in [1.82, 2.24) is 10.4 Å². The number of carbonyl (C=O) groups is 1. The van der Waals surface area contributed by atoms with Gasteiger partial charge >= 0.3 is 0 Å². The van der Waals surface area contributed by atoms with Gasteiger partial charge in [-0.05, 0) is 18.4 Å². The third-order valence-electron chi connectivity index (χ3n) is 2.85. The predicted octanol–water partition coefficient (Wildman–Crippen LogP) is 3.46. The molecule has 2 atom stereocenters. The Labute approximate surface area is 151 Å². The number of nitrogens with one attached hydrogen (secondary N) is 1. The first kappa shape index (κ1) is 17.6. The molecule has 1 heterocycles. The number of thioether (sulfide) groups is 1. The number of carbonyl (C=O) groups excluding carboxylic acids is 1. The third kappa shape index (κ3) is 3.95. The highest BCUT2D eigenvalue weighted by Crippen LogP contribution is 2.24. The van der Waals surface area contributed by atoms with Gasteiger partial charge in [-0.2, -0.15) is 0 Å². The summed E-state index contributed by atoms with van der Waals surface area (Å²) in [6.45, 7) is 0. The van der Waals surface area contributed by atoms with Crippen LogP contribution in [0, 0.1) is 0 Å². The van der Waals surface area contributed by atoms with Crippen LogP contribution < -0.4 is 5.43 Å². The Hall–Kier alpha value is -0.760. The average molecular weight is 424 g/mol. The summed E-state index contributed by atoms with van der Waals surface area (Å²) in [7, 11) is 1.70. The Balaban J connectivity index is 2.16. The van der Waals surface area contributed by atoms with Crippen LogP contribution in [0.1, 0.15) is 10.4 Å². The third-order valence-corrected chi connectivity index (χ3v) is 4.77. The maximum Gasteiger partial charge on any atom is 0.272 e. The van der Waals surface area contributed by atoms with Crippen molar-refractivity contribution < 1.29 is 4.79 Å². The van der Waals surface area contributed by atoms with E-state index in [0.717, 1.165) is 0 Å². The highest BCUT2D eigenvalue weighted by molar-refractivity contribution is 9.10. The Morgan fingerprint density at radius 1 is 1.41 bits per heavy atom. The molecule has 1 amide bonds. The molecule has 0 aromatic heterocycles. The van der Waals surface area contributed by atoms with Gasteiger partial charge in [-0.15, -0.1) is 11.8 Å². The molecule has 1 aliphatic rings. The fourth-order valence-electron chi connectivity index (χ4n) is 1.80. The number of hydrogen-bond donors (Lipinski definition) is 1. The lowest BCUT2D eigenvalue weighted by molar-refractivity contribution is 0.0886. The molecular formula is C13H13BrCl2N4OS. The Bertz CT molecular complexity index is 620. The number of halogens is 3. The molecule has 1 N–H and O–H groups in total. The number of amidine groups is 1. The number of hydrazine groups is 1. The van der Waals surface area contributed by atoms with Gasteiger partial charge in [0.1, 0.15) is 10.7 Å². The fraction of sp³-hybridized carbons (Fsp3) is 0.308. The quantitative estimate of drug-likeness (QED) is 0.585. The molecule has 22 heavy (non-hydrogen) atoms. The van der Waals surface area contributed by atoms with E-state index in [9.17, 15) is 4.79 Å². The first-order chi connectivity index (χ1) is 10.4. The van der Waals surface area contributed by atoms with Gasteiger partial charge in [-0.25, -0.2) is 4.99 Å². The van der Waals surface area contributed by atoms with Crippen molar-refractivity contribution in [2.24, 2.45) is 9.98 Å². The molecule has 2 rings (SSSR count). The van der Waals surface area contributed by atoms with Crippen LogP contribution in [0.25, 0.3) is 0 Å². The molecule has 9 heteroatoms. The predicted molar refractivity (Wildman–Crippen MR) is 97.6 cm³/mol. The smallest absolute Gasteiger partial charge is 0.272 e. The normalized spacial score (nSPS) is 20.5. The standard InChI is InChI=1S/C13H13BrCl2N4OS/c1-20(11-7(14)6-17-13(18-11)22-2)19-12(21)10-8(15)4-3-5-9(10)16/h3-7,13H,1-2H3,(H,19,21). The molecule has 2 unspecified atom stereocenters. The number of hydrogen-bond acceptors (Lipinski definition) is 5. The first-order valence-electron chi connectivity index (χ1n) is 6.20. The maximum atomic E-state index is 12.4. The summed E-state index contributed by atoms with van der Waals surface area (Å²) in [5.74, 6) is 0.245. The second-order valence-electron chi connectivity index (χ2n) is 4.35. The second kappa shape index (κ2) is 7.68. The van der Waals surface area contributed by atoms with Crippen molar-refractivity contribution in [2.45, 2.75) is 10.3 Å². The van der Waals surface area contributed by atoms with Crippen molar-refractivity contribution in [1.29, 1.82) is 0 Å². The van der Waals surface area contributed by atoms with Gasteiger partial charge in [-0.3, -0.25) is 20.2 Å². The van der Waals surface area contributed by atoms with Gasteiger partial charge in [-0.1, -0.05) is 45.2 Å². The largest absolute Gasteiger partial charge is 0.274 e. The molecule has 1 aromatic carbocycles. The van der Waals surface area contributed by atoms with Crippen LogP contribution in [-0.2, 0) is 0 Å². The van der Waals surface area contributed by atoms with Crippen LogP contribution >= 0.6 is 50.9 Å². The lowest BCUT2D eigenvalue weighted by Gasteiger charge is -2.27. The Kier molecular flexibility index (Phi) is 6.14. The monoisotopic (exact) mass is 422 g/mol. The van der Waals surface area contributed by atoms with Crippen molar-refractivity contribution in [3.8, 4) is 0 Å². The molecule has 1 aromatic rings. The van der Waals surface area contributed by atoms with Crippen LogP contribution in [0.5, 0.6) is 0 Å². The van der Waals surface area contributed by atoms with Gasteiger partial charge in [0, 0.05) is 13.3 Å². The van der Waals surface area contributed by atoms with Crippen LogP contribution in [0.15, 0.2) is 28.2 Å². The summed E-state index contributed by atoms with van der Waals surface area (Å²) in [6.07, 6.45) is 3.66. The molecule has 118 valence electrons. The Morgan fingerprint density at radius 2 is 2.05 bits per heavy atom. The van der Waals surface area contributed by atoms with Crippen molar-refractivity contribution >= 4 is 68.9 Å². The van der Waals surface area contributed by atoms with Gasteiger partial charge in [0.15, 0.2) is 5.50 Å². The molecule has 0 fully saturated rings. The maximum absolute atomic E-state index is 12.4. The molecule has 0 bridgehead atoms. The minimum absolute atomic E-state index is 0.178. The van der Waals surface area contributed by atoms with E-state index in [1.165, 1.54) is 16.8 Å². The topological polar surface area (TPSA) is 57.1 Å². The molecule has 5 nitrogen and oxygen atoms in total. The summed E-state index contributed by atoms with van der Waals surface area (Å²) >= 11 is 17.0. The molecular weight excluding hydrogens is 411 g/mol. The molecule has 0 saturated heterocycles. The number of amides is 1. The second-order valence-corrected chi connectivity index (χ2v) is 7.04. The van der Waals surface area contributed by atoms with E-state index in [2.05, 4.69) is 31.3 Å². The summed E-state index contributed by atoms with van der Waals surface area (Å²) < 4.78 is 0. The number of benzene rings is 1. The first-order valence-corrected chi connectivity index (χ1v) is 9.16. The van der Waals surface area contributed by atoms with E-state index in [0.29, 0.717) is 15.9 Å². The lowest BCUT2D eigenvalue weighted by Crippen LogP contribution is -2.48. The van der Waals surface area contributed by atoms with E-state index in [1.807, 2.05) is 6.26 Å². The van der Waals surface area contributed by atoms with Gasteiger partial charge in [0.2, 0.25) is 0 Å². The van der Waals surface area contributed by atoms with Crippen molar-refractivity contribution in [3.63, 3.8) is 0 Å². The molecule has 1 aliphatic heterocycles. The summed E-state index contributed by atoms with van der Waals surface area (Å²) in [6, 6.07) is 4.92. The average Bonchev–Trinajstić information content (AvgIpc) is 2.47. The number of alkyl halides is 1. The summed E-state index contributed by atoms with van der Waals surface area (Å²) in [5, 5.41) is 2.13. The summed E-state index contributed by atoms with van der Waals surface area (Å²) in [5.41, 5.74) is 2.73. The lowest BCUT2D eigenvalue weighted by atomic mass is 10.2. The minimum atomic E-state index is -0.399. The van der Waals surface area contributed by atoms with Crippen LogP contribution in [0.2, 0.25) is 10.0 Å². The Morgan fingerprint density at radius 3 is 2.64 bits per heavy atom. The number of aliphatic imine (C=N–C) groups is 2. The van der Waals surface area contributed by atoms with Gasteiger partial charge < -0.3 is 0 Å². The van der Waals surface area contributed by atoms with E-state index in [-0.39, 0.29) is 15.9 Å². The van der Waals surface area contributed by atoms with E-state index in [1.54, 1.807) is 31.5 Å². The number of nitrogens with zero attached hydrogens (tertiary/aromatic N) is 3. The summed E-state index contributed by atoms with van der Waals surface area (Å²) in [4.78, 5) is 20.9. The zero-order chi connectivity index (χ0) is 16.3. The SMILES string of the molecule is CSC1N=CC(Br)C(N(C)NC(=O)c2c(Cl)cccc2Cl)=N1. The molecule has 0 aliphatic carbocycles. The highest BCUT2D eigenvalue weighted by atomic mass is 79.9. The molecule has 0 spiro atoms. The fourth-order valence-corrected chi connectivity index (χ4v) is 3.34. The number of rotatable bonds is 2. The van der Waals surface area contributed by atoms with Gasteiger partial charge in [0.05, 0.1) is 15.6 Å². The van der Waals surface area contributed by atoms with Crippen molar-refractivity contribution in [3.05, 3.63) is 33.8 Å². The van der Waals surface area contributed by atoms with E-state index in [4.69, 9.17) is 23.2 Å². The zero-order valence-corrected chi connectivity index (χ0v) is 15.7. The molecule has 0 saturated carbocycles. The zero-order valence-electron chi connectivity index (χ0n) is 11.8. The highest BCUT2D eigenvalue weighted by Gasteiger charge is 2.24.